The van der Waals surface area contributed by atoms with Crippen LogP contribution in [0, 0.1) is 0 Å². The molecule has 0 saturated carbocycles. The third-order valence-corrected chi connectivity index (χ3v) is 7.34. The van der Waals surface area contributed by atoms with Crippen molar-refractivity contribution in [2.75, 3.05) is 6.61 Å². The summed E-state index contributed by atoms with van der Waals surface area (Å²) in [6.45, 7) is 5.63. The summed E-state index contributed by atoms with van der Waals surface area (Å²) in [5.41, 5.74) is 3.96. The first kappa shape index (κ1) is 25.8. The maximum atomic E-state index is 12.4. The summed E-state index contributed by atoms with van der Waals surface area (Å²) in [4.78, 5) is 35.8. The Balaban J connectivity index is 1.46. The molecular formula is C26H31AsNO6. The number of hydrogen-bond acceptors (Lipinski definition) is 5. The van der Waals surface area contributed by atoms with Crippen LogP contribution in [0.4, 0.5) is 9.59 Å². The number of unbranched alkanes of at least 4 members (excludes halogenated alkanes) is 1. The van der Waals surface area contributed by atoms with Gasteiger partial charge in [0.1, 0.15) is 0 Å². The van der Waals surface area contributed by atoms with Gasteiger partial charge in [0.05, 0.1) is 0 Å². The van der Waals surface area contributed by atoms with Crippen LogP contribution in [-0.2, 0) is 14.3 Å². The van der Waals surface area contributed by atoms with Crippen LogP contribution >= 0.6 is 0 Å². The average Bonchev–Trinajstić information content (AvgIpc) is 3.09. The van der Waals surface area contributed by atoms with E-state index in [2.05, 4.69) is 17.4 Å². The number of amides is 1. The zero-order valence-corrected chi connectivity index (χ0v) is 21.6. The average molecular weight is 528 g/mol. The topological polar surface area (TPSA) is 102 Å². The van der Waals surface area contributed by atoms with Gasteiger partial charge in [0.15, 0.2) is 0 Å². The van der Waals surface area contributed by atoms with Crippen molar-refractivity contribution in [1.82, 2.24) is 5.32 Å². The van der Waals surface area contributed by atoms with Crippen molar-refractivity contribution in [1.29, 1.82) is 0 Å². The van der Waals surface area contributed by atoms with Gasteiger partial charge in [-0.3, -0.25) is 0 Å². The number of aliphatic carboxylic acids is 1. The number of hydrogen-bond donors (Lipinski definition) is 2. The van der Waals surface area contributed by atoms with E-state index in [1.54, 1.807) is 0 Å². The fourth-order valence-corrected chi connectivity index (χ4v) is 5.86. The molecule has 3 rings (SSSR count). The number of benzene rings is 2. The Morgan fingerprint density at radius 2 is 1.59 bits per heavy atom. The van der Waals surface area contributed by atoms with Crippen molar-refractivity contribution in [3.63, 3.8) is 0 Å². The Labute approximate surface area is 206 Å². The summed E-state index contributed by atoms with van der Waals surface area (Å²) < 4.78 is 10.6. The third kappa shape index (κ3) is 7.10. The van der Waals surface area contributed by atoms with Crippen molar-refractivity contribution in [3.05, 3.63) is 59.7 Å². The summed E-state index contributed by atoms with van der Waals surface area (Å²) in [5, 5.41) is 12.7. The van der Waals surface area contributed by atoms with Crippen molar-refractivity contribution in [2.45, 2.75) is 62.8 Å². The number of nitrogens with one attached hydrogen (secondary N) is 1. The molecule has 0 aromatic heterocycles. The van der Waals surface area contributed by atoms with Crippen LogP contribution < -0.4 is 5.32 Å². The molecule has 34 heavy (non-hydrogen) atoms. The first-order chi connectivity index (χ1) is 16.2. The summed E-state index contributed by atoms with van der Waals surface area (Å²) in [6, 6.07) is 15.0. The van der Waals surface area contributed by atoms with Gasteiger partial charge in [-0.15, -0.1) is 0 Å². The van der Waals surface area contributed by atoms with Crippen molar-refractivity contribution in [2.24, 2.45) is 0 Å². The Morgan fingerprint density at radius 3 is 2.15 bits per heavy atom. The molecule has 1 radical (unpaired) electrons. The fraction of sp³-hybridized carbons (Fsp3) is 0.423. The Morgan fingerprint density at radius 1 is 1.00 bits per heavy atom. The molecule has 1 atom stereocenters. The van der Waals surface area contributed by atoms with Crippen LogP contribution in [0.25, 0.3) is 11.1 Å². The molecule has 1 aliphatic carbocycles. The number of rotatable bonds is 10. The van der Waals surface area contributed by atoms with Gasteiger partial charge in [-0.2, -0.15) is 0 Å². The summed E-state index contributed by atoms with van der Waals surface area (Å²) in [6.07, 6.45) is 0.818. The molecule has 1 aliphatic rings. The number of alkyl carbamates (subject to hydrolysis) is 1. The first-order valence-corrected chi connectivity index (χ1v) is 13.7. The van der Waals surface area contributed by atoms with E-state index in [1.807, 2.05) is 57.2 Å². The number of fused-ring (bicyclic) bond motifs is 3. The van der Waals surface area contributed by atoms with E-state index in [9.17, 15) is 19.5 Å². The fourth-order valence-electron chi connectivity index (χ4n) is 3.96. The molecule has 0 aliphatic heterocycles. The second kappa shape index (κ2) is 11.6. The molecule has 181 valence electrons. The first-order valence-electron chi connectivity index (χ1n) is 11.4. The molecular weight excluding hydrogens is 497 g/mol. The van der Waals surface area contributed by atoms with E-state index in [0.717, 1.165) is 22.3 Å². The van der Waals surface area contributed by atoms with E-state index in [-0.39, 0.29) is 23.7 Å². The van der Waals surface area contributed by atoms with Gasteiger partial charge in [-0.25, -0.2) is 0 Å². The molecule has 0 spiro atoms. The summed E-state index contributed by atoms with van der Waals surface area (Å²) in [5.74, 6) is -1.19. The van der Waals surface area contributed by atoms with Gasteiger partial charge in [0, 0.05) is 0 Å². The van der Waals surface area contributed by atoms with Gasteiger partial charge in [0.25, 0.3) is 0 Å². The molecule has 1 unspecified atom stereocenters. The van der Waals surface area contributed by atoms with E-state index >= 15 is 0 Å². The minimum absolute atomic E-state index is 0.0855. The summed E-state index contributed by atoms with van der Waals surface area (Å²) >= 11 is -0.592. The van der Waals surface area contributed by atoms with E-state index in [4.69, 9.17) is 9.47 Å². The quantitative estimate of drug-likeness (QED) is 0.325. The van der Waals surface area contributed by atoms with Crippen LogP contribution in [0.3, 0.4) is 0 Å². The predicted molar refractivity (Wildman–Crippen MR) is 130 cm³/mol. The second-order valence-corrected chi connectivity index (χ2v) is 11.6. The standard InChI is InChI=1S/C26H31AsNO6/c1-26(2,3)34-24(31)27-15-9-8-14-22(23(29)30)28-25(32)33-16-21-19-12-6-4-10-17(19)18-11-5-7-13-20(18)21/h4-7,10-13,21-22H,8-9,14-16H2,1-3H3,(H,28,32)(H,29,30). The van der Waals surface area contributed by atoms with Crippen molar-refractivity contribution < 1.29 is 29.0 Å². The normalized spacial score (nSPS) is 13.9. The zero-order chi connectivity index (χ0) is 24.7. The van der Waals surface area contributed by atoms with E-state index in [0.29, 0.717) is 18.1 Å². The van der Waals surface area contributed by atoms with Crippen LogP contribution in [0.2, 0.25) is 5.21 Å². The molecule has 2 aromatic rings. The van der Waals surface area contributed by atoms with Crippen molar-refractivity contribution in [3.8, 4) is 11.1 Å². The molecule has 0 fully saturated rings. The number of carbonyl (C=O) groups is 3. The van der Waals surface area contributed by atoms with Crippen molar-refractivity contribution >= 4 is 32.6 Å². The van der Waals surface area contributed by atoms with Crippen LogP contribution in [0.15, 0.2) is 48.5 Å². The molecule has 7 nitrogen and oxygen atoms in total. The molecule has 0 bridgehead atoms. The van der Waals surface area contributed by atoms with Crippen LogP contribution in [0.5, 0.6) is 0 Å². The Bertz CT molecular complexity index is 986. The van der Waals surface area contributed by atoms with Crippen LogP contribution in [0.1, 0.15) is 57.1 Å². The maximum absolute atomic E-state index is 12.4. The number of carboxylic acid groups (broad SMARTS) is 1. The third-order valence-electron chi connectivity index (χ3n) is 5.47. The van der Waals surface area contributed by atoms with Gasteiger partial charge < -0.3 is 0 Å². The van der Waals surface area contributed by atoms with Crippen LogP contribution in [-0.4, -0.2) is 55.9 Å². The molecule has 2 N–H and O–H groups in total. The predicted octanol–water partition coefficient (Wildman–Crippen LogP) is 5.21. The number of ether oxygens (including phenoxy) is 2. The minimum atomic E-state index is -1.10. The van der Waals surface area contributed by atoms with Gasteiger partial charge in [0.2, 0.25) is 0 Å². The Hall–Kier alpha value is -2.79. The zero-order valence-electron chi connectivity index (χ0n) is 19.7. The molecule has 2 aromatic carbocycles. The van der Waals surface area contributed by atoms with E-state index < -0.39 is 39.5 Å². The monoisotopic (exact) mass is 528 g/mol. The molecule has 8 heteroatoms. The Kier molecular flexibility index (Phi) is 8.78. The van der Waals surface area contributed by atoms with Gasteiger partial charge in [-0.05, 0) is 0 Å². The van der Waals surface area contributed by atoms with Gasteiger partial charge in [-0.1, -0.05) is 36.4 Å². The van der Waals surface area contributed by atoms with Gasteiger partial charge >= 0.3 is 171 Å². The molecule has 0 saturated heterocycles. The number of carboxylic acids is 1. The summed E-state index contributed by atoms with van der Waals surface area (Å²) in [7, 11) is 0. The molecule has 0 heterocycles. The van der Waals surface area contributed by atoms with E-state index in [1.165, 1.54) is 0 Å². The second-order valence-electron chi connectivity index (χ2n) is 9.22. The SMILES string of the molecule is CC(C)(C)OC(=O)[As]CCCCC(NC(=O)OCC1c2ccccc2-c2ccccc21)C(=O)O. The molecule has 1 amide bonds. The number of carbonyl (C=O) groups excluding carboxylic acids is 2.